The third-order valence-electron chi connectivity index (χ3n) is 4.17. The fraction of sp³-hybridized carbons (Fsp3) is 0.190. The molecule has 2 amide bonds. The van der Waals surface area contributed by atoms with E-state index in [2.05, 4.69) is 26.2 Å². The number of halogens is 1. The summed E-state index contributed by atoms with van der Waals surface area (Å²) in [6.07, 6.45) is 0. The molecular weight excluding hydrogens is 470 g/mol. The fourth-order valence-electron chi connectivity index (χ4n) is 2.68. The Labute approximate surface area is 186 Å². The predicted molar refractivity (Wildman–Crippen MR) is 123 cm³/mol. The van der Waals surface area contributed by atoms with Gasteiger partial charge in [0.1, 0.15) is 0 Å². The van der Waals surface area contributed by atoms with Crippen molar-refractivity contribution in [3.8, 4) is 0 Å². The van der Waals surface area contributed by atoms with E-state index in [4.69, 9.17) is 0 Å². The molecule has 1 N–H and O–H groups in total. The van der Waals surface area contributed by atoms with Gasteiger partial charge in [0.25, 0.3) is 5.91 Å². The molecule has 0 saturated heterocycles. The number of hydrogen-bond donors (Lipinski definition) is 1. The number of aromatic nitrogens is 1. The zero-order valence-corrected chi connectivity index (χ0v) is 19.2. The van der Waals surface area contributed by atoms with Crippen LogP contribution in [0.3, 0.4) is 0 Å². The summed E-state index contributed by atoms with van der Waals surface area (Å²) in [4.78, 5) is 32.0. The number of thiazole rings is 1. The lowest BCUT2D eigenvalue weighted by Crippen LogP contribution is -2.35. The van der Waals surface area contributed by atoms with Gasteiger partial charge in [0.05, 0.1) is 23.3 Å². The Morgan fingerprint density at radius 3 is 2.76 bits per heavy atom. The number of anilines is 1. The van der Waals surface area contributed by atoms with Crippen molar-refractivity contribution < 1.29 is 9.59 Å². The van der Waals surface area contributed by atoms with Gasteiger partial charge >= 0.3 is 0 Å². The smallest absolute Gasteiger partial charge is 0.255 e. The molecule has 3 rings (SSSR count). The number of amides is 2. The van der Waals surface area contributed by atoms with E-state index < -0.39 is 0 Å². The van der Waals surface area contributed by atoms with Gasteiger partial charge in [-0.05, 0) is 42.8 Å². The summed E-state index contributed by atoms with van der Waals surface area (Å²) in [5.41, 5.74) is 5.05. The molecule has 2 aromatic carbocycles. The molecule has 8 heteroatoms. The Hall–Kier alpha value is -2.16. The Kier molecular flexibility index (Phi) is 7.46. The zero-order chi connectivity index (χ0) is 20.8. The molecule has 29 heavy (non-hydrogen) atoms. The van der Waals surface area contributed by atoms with Gasteiger partial charge in [-0.2, -0.15) is 0 Å². The number of carbonyl (C=O) groups is 2. The molecule has 3 aromatic rings. The van der Waals surface area contributed by atoms with Gasteiger partial charge in [-0.15, -0.1) is 23.1 Å². The van der Waals surface area contributed by atoms with E-state index in [1.54, 1.807) is 41.7 Å². The molecular formula is C21H20BrN3O2S2. The SMILES string of the molecule is Cc1cc(Br)ccc1NC(=O)CN(C)C(=O)c1ccccc1SCc1cscn1. The van der Waals surface area contributed by atoms with Crippen LogP contribution in [-0.4, -0.2) is 35.3 Å². The van der Waals surface area contributed by atoms with E-state index in [-0.39, 0.29) is 18.4 Å². The van der Waals surface area contributed by atoms with Crippen LogP contribution in [-0.2, 0) is 10.5 Å². The van der Waals surface area contributed by atoms with Gasteiger partial charge in [0.2, 0.25) is 5.91 Å². The van der Waals surface area contributed by atoms with Crippen molar-refractivity contribution in [1.82, 2.24) is 9.88 Å². The van der Waals surface area contributed by atoms with Crippen LogP contribution in [0.2, 0.25) is 0 Å². The minimum absolute atomic E-state index is 0.0283. The summed E-state index contributed by atoms with van der Waals surface area (Å²) in [5.74, 6) is 0.272. The normalized spacial score (nSPS) is 10.6. The number of thioether (sulfide) groups is 1. The molecule has 0 fully saturated rings. The maximum atomic E-state index is 12.9. The fourth-order valence-corrected chi connectivity index (χ4v) is 4.77. The predicted octanol–water partition coefficient (Wildman–Crippen LogP) is 5.22. The highest BCUT2D eigenvalue weighted by Gasteiger charge is 2.18. The Bertz CT molecular complexity index is 1010. The average Bonchev–Trinajstić information content (AvgIpc) is 3.22. The first-order chi connectivity index (χ1) is 13.9. The number of carbonyl (C=O) groups excluding carboxylic acids is 2. The van der Waals surface area contributed by atoms with E-state index in [0.717, 1.165) is 26.3 Å². The van der Waals surface area contributed by atoms with Crippen LogP contribution < -0.4 is 5.32 Å². The molecule has 0 saturated carbocycles. The maximum Gasteiger partial charge on any atom is 0.255 e. The van der Waals surface area contributed by atoms with Gasteiger partial charge < -0.3 is 10.2 Å². The lowest BCUT2D eigenvalue weighted by Gasteiger charge is -2.19. The Balaban J connectivity index is 1.64. The van der Waals surface area contributed by atoms with E-state index in [0.29, 0.717) is 11.3 Å². The maximum absolute atomic E-state index is 12.9. The lowest BCUT2D eigenvalue weighted by molar-refractivity contribution is -0.116. The van der Waals surface area contributed by atoms with Gasteiger partial charge in [-0.3, -0.25) is 9.59 Å². The number of nitrogens with zero attached hydrogens (tertiary/aromatic N) is 2. The number of rotatable bonds is 7. The number of aryl methyl sites for hydroxylation is 1. The van der Waals surface area contributed by atoms with Gasteiger partial charge in [-0.25, -0.2) is 4.98 Å². The first-order valence-corrected chi connectivity index (χ1v) is 11.6. The molecule has 0 aliphatic carbocycles. The first-order valence-electron chi connectivity index (χ1n) is 8.84. The van der Waals surface area contributed by atoms with Crippen LogP contribution in [0.4, 0.5) is 5.69 Å². The molecule has 0 atom stereocenters. The second-order valence-corrected chi connectivity index (χ2v) is 9.08. The topological polar surface area (TPSA) is 62.3 Å². The van der Waals surface area contributed by atoms with Crippen LogP contribution in [0.25, 0.3) is 0 Å². The van der Waals surface area contributed by atoms with Crippen molar-refractivity contribution in [2.75, 3.05) is 18.9 Å². The van der Waals surface area contributed by atoms with Crippen molar-refractivity contribution in [2.45, 2.75) is 17.6 Å². The molecule has 0 bridgehead atoms. The minimum Gasteiger partial charge on any atom is -0.332 e. The molecule has 1 aromatic heterocycles. The molecule has 0 radical (unpaired) electrons. The largest absolute Gasteiger partial charge is 0.332 e. The molecule has 1 heterocycles. The standard InChI is InChI=1S/C21H20BrN3O2S2/c1-14-9-15(22)7-8-18(14)24-20(26)10-25(2)21(27)17-5-3-4-6-19(17)29-12-16-11-28-13-23-16/h3-9,11,13H,10,12H2,1-2H3,(H,24,26). The van der Waals surface area contributed by atoms with E-state index in [9.17, 15) is 9.59 Å². The third kappa shape index (κ3) is 5.91. The molecule has 5 nitrogen and oxygen atoms in total. The van der Waals surface area contributed by atoms with Crippen molar-refractivity contribution in [3.63, 3.8) is 0 Å². The average molecular weight is 490 g/mol. The summed E-state index contributed by atoms with van der Waals surface area (Å²) < 4.78 is 0.951. The molecule has 0 aliphatic heterocycles. The van der Waals surface area contributed by atoms with Crippen molar-refractivity contribution in [1.29, 1.82) is 0 Å². The number of likely N-dealkylation sites (N-methyl/N-ethyl adjacent to an activating group) is 1. The van der Waals surface area contributed by atoms with E-state index in [1.807, 2.05) is 48.7 Å². The summed E-state index contributed by atoms with van der Waals surface area (Å²) >= 11 is 6.53. The molecule has 0 aliphatic rings. The van der Waals surface area contributed by atoms with Gasteiger partial charge in [0, 0.05) is 33.2 Å². The summed E-state index contributed by atoms with van der Waals surface area (Å²) in [5, 5.41) is 4.87. The van der Waals surface area contributed by atoms with Crippen LogP contribution in [0.1, 0.15) is 21.6 Å². The van der Waals surface area contributed by atoms with Crippen molar-refractivity contribution in [3.05, 3.63) is 74.6 Å². The third-order valence-corrected chi connectivity index (χ3v) is 6.40. The molecule has 150 valence electrons. The highest BCUT2D eigenvalue weighted by molar-refractivity contribution is 9.10. The molecule has 0 spiro atoms. The van der Waals surface area contributed by atoms with Gasteiger partial charge in [-0.1, -0.05) is 28.1 Å². The van der Waals surface area contributed by atoms with Crippen LogP contribution in [0, 0.1) is 6.92 Å². The van der Waals surface area contributed by atoms with E-state index >= 15 is 0 Å². The Morgan fingerprint density at radius 2 is 2.03 bits per heavy atom. The number of hydrogen-bond acceptors (Lipinski definition) is 5. The van der Waals surface area contributed by atoms with E-state index in [1.165, 1.54) is 4.90 Å². The highest BCUT2D eigenvalue weighted by atomic mass is 79.9. The van der Waals surface area contributed by atoms with Crippen LogP contribution in [0.5, 0.6) is 0 Å². The molecule has 0 unspecified atom stereocenters. The number of nitrogens with one attached hydrogen (secondary N) is 1. The van der Waals surface area contributed by atoms with Crippen LogP contribution in [0.15, 0.2) is 62.7 Å². The summed E-state index contributed by atoms with van der Waals surface area (Å²) in [6, 6.07) is 13.1. The lowest BCUT2D eigenvalue weighted by atomic mass is 10.2. The van der Waals surface area contributed by atoms with Crippen molar-refractivity contribution in [2.24, 2.45) is 0 Å². The Morgan fingerprint density at radius 1 is 1.24 bits per heavy atom. The number of benzene rings is 2. The quantitative estimate of drug-likeness (QED) is 0.462. The highest BCUT2D eigenvalue weighted by Crippen LogP contribution is 2.27. The summed E-state index contributed by atoms with van der Waals surface area (Å²) in [7, 11) is 1.64. The monoisotopic (exact) mass is 489 g/mol. The first kappa shape index (κ1) is 21.5. The zero-order valence-electron chi connectivity index (χ0n) is 16.0. The van der Waals surface area contributed by atoms with Gasteiger partial charge in [0.15, 0.2) is 0 Å². The van der Waals surface area contributed by atoms with Crippen LogP contribution >= 0.6 is 39.0 Å². The minimum atomic E-state index is -0.237. The summed E-state index contributed by atoms with van der Waals surface area (Å²) in [6.45, 7) is 1.89. The second kappa shape index (κ2) is 10.0. The second-order valence-electron chi connectivity index (χ2n) is 6.43. The van der Waals surface area contributed by atoms with Crippen molar-refractivity contribution >= 4 is 56.5 Å².